The van der Waals surface area contributed by atoms with Crippen LogP contribution in [0.25, 0.3) is 11.4 Å². The SMILES string of the molecule is CC.Cc1nnc(-c2ccc(C(=O)O)cc2)nn1. The van der Waals surface area contributed by atoms with Crippen molar-refractivity contribution in [3.8, 4) is 11.4 Å². The van der Waals surface area contributed by atoms with Crippen LogP contribution in [0, 0.1) is 6.92 Å². The van der Waals surface area contributed by atoms with Gasteiger partial charge in [0, 0.05) is 5.56 Å². The lowest BCUT2D eigenvalue weighted by molar-refractivity contribution is 0.0697. The fourth-order valence-corrected chi connectivity index (χ4v) is 1.16. The monoisotopic (exact) mass is 246 g/mol. The van der Waals surface area contributed by atoms with Crippen LogP contribution in [0.1, 0.15) is 30.0 Å². The van der Waals surface area contributed by atoms with Crippen LogP contribution >= 0.6 is 0 Å². The summed E-state index contributed by atoms with van der Waals surface area (Å²) in [5, 5.41) is 24.0. The normalized spacial score (nSPS) is 9.28. The molecular weight excluding hydrogens is 232 g/mol. The average Bonchev–Trinajstić information content (AvgIpc) is 2.42. The zero-order valence-corrected chi connectivity index (χ0v) is 10.5. The summed E-state index contributed by atoms with van der Waals surface area (Å²) in [6.45, 7) is 5.69. The Kier molecular flexibility index (Phi) is 4.86. The van der Waals surface area contributed by atoms with E-state index in [1.54, 1.807) is 19.1 Å². The lowest BCUT2D eigenvalue weighted by atomic mass is 10.1. The van der Waals surface area contributed by atoms with Crippen LogP contribution in [0.15, 0.2) is 24.3 Å². The molecule has 0 unspecified atom stereocenters. The van der Waals surface area contributed by atoms with Gasteiger partial charge in [0.1, 0.15) is 0 Å². The Morgan fingerprint density at radius 1 is 1.00 bits per heavy atom. The van der Waals surface area contributed by atoms with Crippen molar-refractivity contribution in [3.63, 3.8) is 0 Å². The number of aromatic carboxylic acids is 1. The minimum atomic E-state index is -0.965. The Morgan fingerprint density at radius 3 is 1.94 bits per heavy atom. The Morgan fingerprint density at radius 2 is 1.50 bits per heavy atom. The second-order valence-corrected chi connectivity index (χ2v) is 3.15. The summed E-state index contributed by atoms with van der Waals surface area (Å²) in [6, 6.07) is 6.22. The first-order valence-electron chi connectivity index (χ1n) is 5.54. The molecule has 0 amide bonds. The first kappa shape index (κ1) is 13.7. The second kappa shape index (κ2) is 6.39. The quantitative estimate of drug-likeness (QED) is 0.871. The molecule has 1 heterocycles. The van der Waals surface area contributed by atoms with E-state index in [2.05, 4.69) is 20.4 Å². The van der Waals surface area contributed by atoms with Crippen molar-refractivity contribution in [2.45, 2.75) is 20.8 Å². The van der Waals surface area contributed by atoms with Gasteiger partial charge in [-0.15, -0.1) is 20.4 Å². The summed E-state index contributed by atoms with van der Waals surface area (Å²) in [5.74, 6) is -0.0962. The van der Waals surface area contributed by atoms with Crippen molar-refractivity contribution in [3.05, 3.63) is 35.7 Å². The number of aromatic nitrogens is 4. The van der Waals surface area contributed by atoms with E-state index < -0.39 is 5.97 Å². The Hall–Kier alpha value is -2.37. The van der Waals surface area contributed by atoms with E-state index in [4.69, 9.17) is 5.11 Å². The van der Waals surface area contributed by atoms with Gasteiger partial charge < -0.3 is 5.11 Å². The largest absolute Gasteiger partial charge is 0.478 e. The molecule has 0 fully saturated rings. The van der Waals surface area contributed by atoms with Crippen molar-refractivity contribution in [2.24, 2.45) is 0 Å². The zero-order chi connectivity index (χ0) is 13.5. The summed E-state index contributed by atoms with van der Waals surface area (Å²) in [7, 11) is 0. The predicted octanol–water partition coefficient (Wildman–Crippen LogP) is 1.97. The Balaban J connectivity index is 0.000000771. The highest BCUT2D eigenvalue weighted by Crippen LogP contribution is 2.13. The van der Waals surface area contributed by atoms with E-state index in [9.17, 15) is 4.79 Å². The minimum Gasteiger partial charge on any atom is -0.478 e. The van der Waals surface area contributed by atoms with Crippen molar-refractivity contribution in [1.29, 1.82) is 0 Å². The van der Waals surface area contributed by atoms with E-state index in [1.807, 2.05) is 13.8 Å². The summed E-state index contributed by atoms with van der Waals surface area (Å²) < 4.78 is 0. The predicted molar refractivity (Wildman–Crippen MR) is 66.1 cm³/mol. The molecule has 94 valence electrons. The van der Waals surface area contributed by atoms with Gasteiger partial charge in [0.2, 0.25) is 5.82 Å². The molecule has 0 aliphatic heterocycles. The molecule has 0 radical (unpaired) electrons. The van der Waals surface area contributed by atoms with Crippen LogP contribution in [-0.4, -0.2) is 31.5 Å². The van der Waals surface area contributed by atoms with Crippen molar-refractivity contribution in [1.82, 2.24) is 20.4 Å². The lowest BCUT2D eigenvalue weighted by Gasteiger charge is -1.98. The first-order chi connectivity index (χ1) is 8.66. The average molecular weight is 246 g/mol. The number of carboxylic acid groups (broad SMARTS) is 1. The van der Waals surface area contributed by atoms with Crippen LogP contribution in [0.2, 0.25) is 0 Å². The molecule has 1 aromatic heterocycles. The summed E-state index contributed by atoms with van der Waals surface area (Å²) >= 11 is 0. The van der Waals surface area contributed by atoms with E-state index >= 15 is 0 Å². The molecule has 2 aromatic rings. The van der Waals surface area contributed by atoms with Gasteiger partial charge in [-0.25, -0.2) is 4.79 Å². The molecule has 0 aliphatic rings. The van der Waals surface area contributed by atoms with E-state index in [1.165, 1.54) is 12.1 Å². The highest BCUT2D eigenvalue weighted by atomic mass is 16.4. The first-order valence-corrected chi connectivity index (χ1v) is 5.54. The Labute approximate surface area is 105 Å². The van der Waals surface area contributed by atoms with Crippen molar-refractivity contribution in [2.75, 3.05) is 0 Å². The van der Waals surface area contributed by atoms with Gasteiger partial charge in [-0.2, -0.15) is 0 Å². The summed E-state index contributed by atoms with van der Waals surface area (Å²) in [5.41, 5.74) is 0.904. The van der Waals surface area contributed by atoms with Gasteiger partial charge >= 0.3 is 5.97 Å². The van der Waals surface area contributed by atoms with Crippen molar-refractivity contribution < 1.29 is 9.90 Å². The maximum atomic E-state index is 10.6. The van der Waals surface area contributed by atoms with Gasteiger partial charge in [0.05, 0.1) is 5.56 Å². The topological polar surface area (TPSA) is 88.9 Å². The Bertz CT molecular complexity index is 509. The van der Waals surface area contributed by atoms with Gasteiger partial charge in [-0.3, -0.25) is 0 Å². The van der Waals surface area contributed by atoms with Gasteiger partial charge in [-0.05, 0) is 19.1 Å². The standard InChI is InChI=1S/C10H8N4O2.C2H6/c1-6-11-13-9(14-12-6)7-2-4-8(5-3-7)10(15)16;1-2/h2-5H,1H3,(H,15,16);1-2H3. The molecule has 6 nitrogen and oxygen atoms in total. The molecule has 1 N–H and O–H groups in total. The molecule has 0 aliphatic carbocycles. The molecule has 0 spiro atoms. The molecule has 1 aromatic carbocycles. The molecule has 0 bridgehead atoms. The van der Waals surface area contributed by atoms with Crippen LogP contribution in [0.5, 0.6) is 0 Å². The third-order valence-corrected chi connectivity index (χ3v) is 1.97. The number of carboxylic acids is 1. The molecule has 0 atom stereocenters. The number of rotatable bonds is 2. The number of benzene rings is 1. The van der Waals surface area contributed by atoms with Gasteiger partial charge in [0.15, 0.2) is 5.82 Å². The molecule has 2 rings (SSSR count). The van der Waals surface area contributed by atoms with E-state index in [0.717, 1.165) is 0 Å². The van der Waals surface area contributed by atoms with Crippen LogP contribution in [-0.2, 0) is 0 Å². The smallest absolute Gasteiger partial charge is 0.335 e. The summed E-state index contributed by atoms with van der Waals surface area (Å²) in [4.78, 5) is 10.6. The third kappa shape index (κ3) is 3.31. The zero-order valence-electron chi connectivity index (χ0n) is 10.5. The fraction of sp³-hybridized carbons (Fsp3) is 0.250. The van der Waals surface area contributed by atoms with E-state index in [-0.39, 0.29) is 5.56 Å². The van der Waals surface area contributed by atoms with Gasteiger partial charge in [0.25, 0.3) is 0 Å². The second-order valence-electron chi connectivity index (χ2n) is 3.15. The number of carbonyl (C=O) groups is 1. The third-order valence-electron chi connectivity index (χ3n) is 1.97. The highest BCUT2D eigenvalue weighted by Gasteiger charge is 2.05. The maximum Gasteiger partial charge on any atom is 0.335 e. The molecule has 0 saturated heterocycles. The number of nitrogens with zero attached hydrogens (tertiary/aromatic N) is 4. The summed E-state index contributed by atoms with van der Waals surface area (Å²) in [6.07, 6.45) is 0. The van der Waals surface area contributed by atoms with Crippen LogP contribution < -0.4 is 0 Å². The number of hydrogen-bond acceptors (Lipinski definition) is 5. The van der Waals surface area contributed by atoms with Crippen LogP contribution in [0.4, 0.5) is 0 Å². The molecule has 18 heavy (non-hydrogen) atoms. The van der Waals surface area contributed by atoms with E-state index in [0.29, 0.717) is 17.2 Å². The maximum absolute atomic E-state index is 10.6. The molecule has 6 heteroatoms. The highest BCUT2D eigenvalue weighted by molar-refractivity contribution is 5.88. The van der Waals surface area contributed by atoms with Crippen LogP contribution in [0.3, 0.4) is 0 Å². The molecule has 0 saturated carbocycles. The minimum absolute atomic E-state index is 0.219. The molecular formula is C12H14N4O2. The van der Waals surface area contributed by atoms with Crippen molar-refractivity contribution >= 4 is 5.97 Å². The number of aryl methyl sites for hydroxylation is 1. The number of hydrogen-bond donors (Lipinski definition) is 1. The fourth-order valence-electron chi connectivity index (χ4n) is 1.16. The lowest BCUT2D eigenvalue weighted by Crippen LogP contribution is -1.99. The van der Waals surface area contributed by atoms with Gasteiger partial charge in [-0.1, -0.05) is 26.0 Å².